The summed E-state index contributed by atoms with van der Waals surface area (Å²) in [6.07, 6.45) is 0. The van der Waals surface area contributed by atoms with Crippen molar-refractivity contribution in [3.8, 4) is 11.8 Å². The van der Waals surface area contributed by atoms with Gasteiger partial charge in [0.2, 0.25) is 0 Å². The highest BCUT2D eigenvalue weighted by atomic mass is 35.5. The largest absolute Gasteiger partial charge is 0.477 e. The van der Waals surface area contributed by atoms with E-state index < -0.39 is 11.7 Å². The molecule has 1 amide bonds. The number of ether oxygens (including phenoxy) is 1. The summed E-state index contributed by atoms with van der Waals surface area (Å²) in [6, 6.07) is 12.0. The number of hydrogen-bond donors (Lipinski definition) is 1. The van der Waals surface area contributed by atoms with E-state index in [9.17, 15) is 9.18 Å². The minimum atomic E-state index is -0.519. The topological polar surface area (TPSA) is 62.1 Å². The van der Waals surface area contributed by atoms with Gasteiger partial charge in [0, 0.05) is 0 Å². The Morgan fingerprint density at radius 2 is 2.10 bits per heavy atom. The zero-order valence-electron chi connectivity index (χ0n) is 10.8. The summed E-state index contributed by atoms with van der Waals surface area (Å²) in [4.78, 5) is 12.1. The van der Waals surface area contributed by atoms with Gasteiger partial charge in [0.1, 0.15) is 17.6 Å². The van der Waals surface area contributed by atoms with Crippen molar-refractivity contribution in [3.63, 3.8) is 0 Å². The molecular weight excluding hydrogens is 295 g/mol. The first-order chi connectivity index (χ1) is 10.1. The number of hydrogen-bond acceptors (Lipinski definition) is 3. The fourth-order valence-corrected chi connectivity index (χ4v) is 1.92. The van der Waals surface area contributed by atoms with Crippen LogP contribution in [-0.4, -0.2) is 12.5 Å². The monoisotopic (exact) mass is 304 g/mol. The minimum absolute atomic E-state index is 0.0166. The van der Waals surface area contributed by atoms with Crippen molar-refractivity contribution in [2.75, 3.05) is 11.9 Å². The maximum Gasteiger partial charge on any atom is 0.257 e. The summed E-state index contributed by atoms with van der Waals surface area (Å²) in [7, 11) is 0. The highest BCUT2D eigenvalue weighted by Crippen LogP contribution is 2.25. The summed E-state index contributed by atoms with van der Waals surface area (Å²) in [6.45, 7) is -0.135. The number of rotatable bonds is 4. The van der Waals surface area contributed by atoms with E-state index in [-0.39, 0.29) is 17.2 Å². The van der Waals surface area contributed by atoms with Crippen LogP contribution in [0.2, 0.25) is 5.02 Å². The van der Waals surface area contributed by atoms with Crippen molar-refractivity contribution in [1.29, 1.82) is 5.26 Å². The molecule has 0 atom stereocenters. The number of carbonyl (C=O) groups is 1. The average molecular weight is 305 g/mol. The predicted octanol–water partition coefficient (Wildman–Crippen LogP) is 3.63. The summed E-state index contributed by atoms with van der Waals surface area (Å²) in [5, 5.41) is 11.2. The lowest BCUT2D eigenvalue weighted by molar-refractivity contribution is 0.102. The summed E-state index contributed by atoms with van der Waals surface area (Å²) >= 11 is 5.84. The first kappa shape index (κ1) is 14.8. The van der Waals surface area contributed by atoms with E-state index in [2.05, 4.69) is 5.32 Å². The molecule has 1 N–H and O–H groups in total. The van der Waals surface area contributed by atoms with Crippen LogP contribution < -0.4 is 10.1 Å². The minimum Gasteiger partial charge on any atom is -0.477 e. The number of nitrogens with one attached hydrogen (secondary N) is 1. The molecule has 0 radical (unpaired) electrons. The van der Waals surface area contributed by atoms with Crippen LogP contribution in [0, 0.1) is 17.1 Å². The third-order valence-electron chi connectivity index (χ3n) is 2.60. The highest BCUT2D eigenvalue weighted by Gasteiger charge is 2.13. The van der Waals surface area contributed by atoms with Crippen molar-refractivity contribution < 1.29 is 13.9 Å². The van der Waals surface area contributed by atoms with Gasteiger partial charge in [0.25, 0.3) is 5.91 Å². The Bertz CT molecular complexity index is 713. The molecule has 6 heteroatoms. The van der Waals surface area contributed by atoms with Crippen molar-refractivity contribution in [2.45, 2.75) is 0 Å². The fourth-order valence-electron chi connectivity index (χ4n) is 1.67. The Balaban J connectivity index is 2.22. The van der Waals surface area contributed by atoms with Gasteiger partial charge < -0.3 is 10.1 Å². The molecule has 4 nitrogen and oxygen atoms in total. The number of anilines is 1. The van der Waals surface area contributed by atoms with Gasteiger partial charge >= 0.3 is 0 Å². The van der Waals surface area contributed by atoms with Gasteiger partial charge in [0.05, 0.1) is 16.3 Å². The smallest absolute Gasteiger partial charge is 0.257 e. The predicted molar refractivity (Wildman–Crippen MR) is 76.9 cm³/mol. The maximum absolute atomic E-state index is 13.0. The van der Waals surface area contributed by atoms with E-state index in [0.717, 1.165) is 12.1 Å². The number of para-hydroxylation sites is 2. The van der Waals surface area contributed by atoms with Gasteiger partial charge in [-0.15, -0.1) is 0 Å². The van der Waals surface area contributed by atoms with E-state index in [1.165, 1.54) is 6.07 Å². The molecule has 0 saturated carbocycles. The van der Waals surface area contributed by atoms with Crippen molar-refractivity contribution >= 4 is 23.2 Å². The van der Waals surface area contributed by atoms with Gasteiger partial charge in [-0.25, -0.2) is 4.39 Å². The number of nitriles is 1. The lowest BCUT2D eigenvalue weighted by atomic mass is 10.2. The molecule has 0 heterocycles. The molecular formula is C15H10ClFN2O2. The molecule has 2 aromatic rings. The van der Waals surface area contributed by atoms with Crippen LogP contribution in [0.15, 0.2) is 42.5 Å². The number of benzene rings is 2. The molecule has 0 aromatic heterocycles. The summed E-state index contributed by atoms with van der Waals surface area (Å²) in [5.41, 5.74) is 0.547. The van der Waals surface area contributed by atoms with Crippen LogP contribution in [-0.2, 0) is 0 Å². The fraction of sp³-hybridized carbons (Fsp3) is 0.0667. The van der Waals surface area contributed by atoms with E-state index in [0.29, 0.717) is 11.4 Å². The van der Waals surface area contributed by atoms with Gasteiger partial charge in [-0.1, -0.05) is 23.7 Å². The van der Waals surface area contributed by atoms with Gasteiger partial charge in [0.15, 0.2) is 6.61 Å². The number of nitrogens with zero attached hydrogens (tertiary/aromatic N) is 1. The number of amides is 1. The molecule has 0 aliphatic rings. The van der Waals surface area contributed by atoms with Crippen LogP contribution in [0.5, 0.6) is 5.75 Å². The first-order valence-corrected chi connectivity index (χ1v) is 6.35. The van der Waals surface area contributed by atoms with E-state index in [1.54, 1.807) is 24.3 Å². The molecule has 106 valence electrons. The third kappa shape index (κ3) is 3.71. The van der Waals surface area contributed by atoms with E-state index >= 15 is 0 Å². The molecule has 0 unspecified atom stereocenters. The first-order valence-electron chi connectivity index (χ1n) is 5.97. The van der Waals surface area contributed by atoms with Crippen LogP contribution in [0.4, 0.5) is 10.1 Å². The molecule has 2 rings (SSSR count). The highest BCUT2D eigenvalue weighted by molar-refractivity contribution is 6.34. The Morgan fingerprint density at radius 3 is 2.81 bits per heavy atom. The third-order valence-corrected chi connectivity index (χ3v) is 2.92. The van der Waals surface area contributed by atoms with Crippen molar-refractivity contribution in [1.82, 2.24) is 0 Å². The van der Waals surface area contributed by atoms with Crippen LogP contribution in [0.3, 0.4) is 0 Å². The van der Waals surface area contributed by atoms with Gasteiger partial charge in [-0.2, -0.15) is 5.26 Å². The number of carbonyl (C=O) groups excluding carboxylic acids is 1. The zero-order chi connectivity index (χ0) is 15.2. The molecule has 21 heavy (non-hydrogen) atoms. The quantitative estimate of drug-likeness (QED) is 0.938. The molecule has 0 bridgehead atoms. The lowest BCUT2D eigenvalue weighted by Crippen LogP contribution is -2.13. The second-order valence-electron chi connectivity index (χ2n) is 4.02. The Morgan fingerprint density at radius 1 is 1.33 bits per heavy atom. The Labute approximate surface area is 125 Å². The second kappa shape index (κ2) is 6.73. The summed E-state index contributed by atoms with van der Waals surface area (Å²) < 4.78 is 18.2. The SMILES string of the molecule is N#CCOc1ccccc1NC(=O)c1ccc(F)cc1Cl. The van der Waals surface area contributed by atoms with Crippen LogP contribution in [0.25, 0.3) is 0 Å². The number of halogens is 2. The average Bonchev–Trinajstić information content (AvgIpc) is 2.46. The summed E-state index contributed by atoms with van der Waals surface area (Å²) in [5.74, 6) is -0.645. The van der Waals surface area contributed by atoms with Crippen LogP contribution >= 0.6 is 11.6 Å². The molecule has 0 saturated heterocycles. The van der Waals surface area contributed by atoms with Crippen molar-refractivity contribution in [2.24, 2.45) is 0 Å². The molecule has 0 aliphatic carbocycles. The molecule has 0 fully saturated rings. The second-order valence-corrected chi connectivity index (χ2v) is 4.43. The Kier molecular flexibility index (Phi) is 4.75. The maximum atomic E-state index is 13.0. The van der Waals surface area contributed by atoms with Gasteiger partial charge in [-0.05, 0) is 30.3 Å². The van der Waals surface area contributed by atoms with E-state index in [4.69, 9.17) is 21.6 Å². The standard InChI is InChI=1S/C15H10ClFN2O2/c16-12-9-10(17)5-6-11(12)15(20)19-13-3-1-2-4-14(13)21-8-7-18/h1-6,9H,8H2,(H,19,20). The lowest BCUT2D eigenvalue weighted by Gasteiger charge is -2.11. The van der Waals surface area contributed by atoms with Crippen LogP contribution in [0.1, 0.15) is 10.4 Å². The zero-order valence-corrected chi connectivity index (χ0v) is 11.5. The molecule has 0 aliphatic heterocycles. The molecule has 0 spiro atoms. The van der Waals surface area contributed by atoms with Gasteiger partial charge in [-0.3, -0.25) is 4.79 Å². The molecule has 2 aromatic carbocycles. The normalized spacial score (nSPS) is 9.76. The Hall–Kier alpha value is -2.58. The van der Waals surface area contributed by atoms with Crippen molar-refractivity contribution in [3.05, 3.63) is 58.9 Å². The van der Waals surface area contributed by atoms with E-state index in [1.807, 2.05) is 6.07 Å².